The zero-order valence-corrected chi connectivity index (χ0v) is 17.2. The lowest BCUT2D eigenvalue weighted by Crippen LogP contribution is -2.20. The van der Waals surface area contributed by atoms with Crippen LogP contribution in [0.5, 0.6) is 5.75 Å². The number of hydrogen-bond acceptors (Lipinski definition) is 5. The van der Waals surface area contributed by atoms with E-state index < -0.39 is 5.91 Å². The fourth-order valence-corrected chi connectivity index (χ4v) is 3.21. The molecule has 2 aromatic heterocycles. The van der Waals surface area contributed by atoms with Gasteiger partial charge in [-0.25, -0.2) is 10.5 Å². The van der Waals surface area contributed by atoms with E-state index in [0.717, 1.165) is 22.3 Å². The van der Waals surface area contributed by atoms with Crippen molar-refractivity contribution in [1.29, 1.82) is 0 Å². The van der Waals surface area contributed by atoms with Gasteiger partial charge in [0.1, 0.15) is 5.69 Å². The molecule has 0 radical (unpaired) electrons. The molecular weight excluding hydrogens is 402 g/mol. The lowest BCUT2D eigenvalue weighted by molar-refractivity contribution is 0.0703. The van der Waals surface area contributed by atoms with Crippen LogP contribution in [0.2, 0.25) is 0 Å². The number of carbonyl (C=O) groups is 1. The highest BCUT2D eigenvalue weighted by Crippen LogP contribution is 2.35. The normalized spacial score (nSPS) is 10.1. The minimum absolute atomic E-state index is 0.180. The van der Waals surface area contributed by atoms with E-state index in [1.165, 1.54) is 7.11 Å². The van der Waals surface area contributed by atoms with Crippen molar-refractivity contribution in [3.8, 4) is 40.1 Å². The average molecular weight is 421 g/mol. The van der Waals surface area contributed by atoms with Gasteiger partial charge in [0.05, 0.1) is 18.4 Å². The topological polar surface area (TPSA) is 84.3 Å². The van der Waals surface area contributed by atoms with Crippen molar-refractivity contribution in [2.75, 3.05) is 7.11 Å². The van der Waals surface area contributed by atoms with Crippen molar-refractivity contribution < 1.29 is 14.7 Å². The molecule has 2 N–H and O–H groups in total. The maximum atomic E-state index is 12.3. The van der Waals surface area contributed by atoms with Crippen LogP contribution in [0.3, 0.4) is 0 Å². The lowest BCUT2D eigenvalue weighted by atomic mass is 10.0. The molecule has 2 aromatic carbocycles. The third kappa shape index (κ3) is 4.48. The summed E-state index contributed by atoms with van der Waals surface area (Å²) in [6.45, 7) is 0. The molecule has 32 heavy (non-hydrogen) atoms. The van der Waals surface area contributed by atoms with Gasteiger partial charge in [-0.1, -0.05) is 54.3 Å². The van der Waals surface area contributed by atoms with Crippen LogP contribution >= 0.6 is 0 Å². The van der Waals surface area contributed by atoms with Crippen LogP contribution in [0.4, 0.5) is 0 Å². The Morgan fingerprint density at radius 3 is 2.34 bits per heavy atom. The van der Waals surface area contributed by atoms with E-state index in [4.69, 9.17) is 9.72 Å². The van der Waals surface area contributed by atoms with Crippen molar-refractivity contribution in [2.45, 2.75) is 0 Å². The van der Waals surface area contributed by atoms with E-state index in [1.807, 2.05) is 66.7 Å². The fraction of sp³-hybridized carbons (Fsp3) is 0.0385. The first-order valence-corrected chi connectivity index (χ1v) is 9.81. The molecule has 4 aromatic rings. The van der Waals surface area contributed by atoms with Gasteiger partial charge in [0.2, 0.25) is 0 Å². The van der Waals surface area contributed by atoms with Crippen LogP contribution in [0.15, 0.2) is 85.2 Å². The maximum Gasteiger partial charge on any atom is 0.278 e. The fourth-order valence-electron chi connectivity index (χ4n) is 3.21. The van der Waals surface area contributed by atoms with Crippen LogP contribution < -0.4 is 10.2 Å². The van der Waals surface area contributed by atoms with Crippen molar-refractivity contribution in [1.82, 2.24) is 15.4 Å². The van der Waals surface area contributed by atoms with Crippen LogP contribution in [0.1, 0.15) is 21.5 Å². The zero-order chi connectivity index (χ0) is 22.3. The Bertz CT molecular complexity index is 1290. The van der Waals surface area contributed by atoms with Crippen LogP contribution in [-0.2, 0) is 0 Å². The summed E-state index contributed by atoms with van der Waals surface area (Å²) in [5, 5.41) is 9.23. The number of ether oxygens (including phenoxy) is 1. The average Bonchev–Trinajstić information content (AvgIpc) is 2.87. The Labute approximate surface area is 185 Å². The SMILES string of the molecule is COc1c(C(=O)NO)cc(-c2ccccc2)nc1-c1ccc(C#Cc2cccnc2)cc1. The summed E-state index contributed by atoms with van der Waals surface area (Å²) in [5.41, 5.74) is 6.17. The van der Waals surface area contributed by atoms with Gasteiger partial charge in [-0.3, -0.25) is 15.0 Å². The first-order valence-electron chi connectivity index (χ1n) is 9.81. The van der Waals surface area contributed by atoms with Gasteiger partial charge in [-0.15, -0.1) is 0 Å². The van der Waals surface area contributed by atoms with E-state index in [-0.39, 0.29) is 11.3 Å². The first-order chi connectivity index (χ1) is 15.7. The Morgan fingerprint density at radius 1 is 0.938 bits per heavy atom. The molecule has 6 nitrogen and oxygen atoms in total. The molecule has 0 atom stereocenters. The molecule has 0 saturated heterocycles. The molecular formula is C26H19N3O3. The van der Waals surface area contributed by atoms with E-state index in [2.05, 4.69) is 16.8 Å². The lowest BCUT2D eigenvalue weighted by Gasteiger charge is -2.14. The minimum atomic E-state index is -0.679. The van der Waals surface area contributed by atoms with Gasteiger partial charge in [-0.05, 0) is 30.3 Å². The van der Waals surface area contributed by atoms with E-state index in [1.54, 1.807) is 23.9 Å². The number of carbonyl (C=O) groups excluding carboxylic acids is 1. The van der Waals surface area contributed by atoms with Gasteiger partial charge in [-0.2, -0.15) is 0 Å². The molecule has 156 valence electrons. The van der Waals surface area contributed by atoms with Gasteiger partial charge in [0.15, 0.2) is 5.75 Å². The molecule has 4 rings (SSSR count). The Kier molecular flexibility index (Phi) is 6.21. The largest absolute Gasteiger partial charge is 0.494 e. The summed E-state index contributed by atoms with van der Waals surface area (Å²) in [6.07, 6.45) is 3.41. The molecule has 0 aliphatic rings. The predicted octanol–water partition coefficient (Wildman–Crippen LogP) is 4.34. The summed E-state index contributed by atoms with van der Waals surface area (Å²) in [7, 11) is 1.46. The number of nitrogens with zero attached hydrogens (tertiary/aromatic N) is 2. The van der Waals surface area contributed by atoms with Crippen LogP contribution in [0, 0.1) is 11.8 Å². The number of pyridine rings is 2. The molecule has 0 saturated carbocycles. The van der Waals surface area contributed by atoms with Crippen LogP contribution in [0.25, 0.3) is 22.5 Å². The second-order valence-corrected chi connectivity index (χ2v) is 6.81. The summed E-state index contributed by atoms with van der Waals surface area (Å²) in [4.78, 5) is 21.2. The van der Waals surface area contributed by atoms with Crippen molar-refractivity contribution in [3.63, 3.8) is 0 Å². The summed E-state index contributed by atoms with van der Waals surface area (Å²) >= 11 is 0. The molecule has 0 bridgehead atoms. The van der Waals surface area contributed by atoms with E-state index >= 15 is 0 Å². The van der Waals surface area contributed by atoms with Gasteiger partial charge >= 0.3 is 0 Å². The third-order valence-corrected chi connectivity index (χ3v) is 4.76. The Morgan fingerprint density at radius 2 is 1.69 bits per heavy atom. The molecule has 0 fully saturated rings. The highest BCUT2D eigenvalue weighted by atomic mass is 16.5. The highest BCUT2D eigenvalue weighted by Gasteiger charge is 2.20. The van der Waals surface area contributed by atoms with E-state index in [0.29, 0.717) is 11.4 Å². The zero-order valence-electron chi connectivity index (χ0n) is 17.2. The number of hydrogen-bond donors (Lipinski definition) is 2. The number of aromatic nitrogens is 2. The molecule has 1 amide bonds. The van der Waals surface area contributed by atoms with Crippen molar-refractivity contribution in [2.24, 2.45) is 0 Å². The molecule has 0 spiro atoms. The molecule has 0 aliphatic heterocycles. The quantitative estimate of drug-likeness (QED) is 0.291. The van der Waals surface area contributed by atoms with Crippen molar-refractivity contribution in [3.05, 3.63) is 102 Å². The second kappa shape index (κ2) is 9.56. The summed E-state index contributed by atoms with van der Waals surface area (Å²) in [5.74, 6) is 5.77. The smallest absolute Gasteiger partial charge is 0.278 e. The second-order valence-electron chi connectivity index (χ2n) is 6.81. The van der Waals surface area contributed by atoms with Crippen LogP contribution in [-0.4, -0.2) is 28.2 Å². The number of amides is 1. The first kappa shape index (κ1) is 20.8. The minimum Gasteiger partial charge on any atom is -0.494 e. The number of benzene rings is 2. The molecule has 2 heterocycles. The van der Waals surface area contributed by atoms with Gasteiger partial charge in [0, 0.05) is 34.6 Å². The summed E-state index contributed by atoms with van der Waals surface area (Å²) in [6, 6.07) is 22.3. The number of hydroxylamine groups is 1. The Hall–Kier alpha value is -4.47. The highest BCUT2D eigenvalue weighted by molar-refractivity contribution is 5.99. The number of nitrogens with one attached hydrogen (secondary N) is 1. The maximum absolute atomic E-state index is 12.3. The molecule has 0 unspecified atom stereocenters. The van der Waals surface area contributed by atoms with Crippen molar-refractivity contribution >= 4 is 5.91 Å². The molecule has 6 heteroatoms. The molecule has 0 aliphatic carbocycles. The Balaban J connectivity index is 1.78. The predicted molar refractivity (Wildman–Crippen MR) is 121 cm³/mol. The van der Waals surface area contributed by atoms with Gasteiger partial charge in [0.25, 0.3) is 5.91 Å². The number of methoxy groups -OCH3 is 1. The standard InChI is InChI=1S/C26H19N3O3/c1-32-25-22(26(30)29-31)16-23(20-7-3-2-4-8-20)28-24(25)21-13-11-18(12-14-21)9-10-19-6-5-15-27-17-19/h2-8,11-17,31H,1H3,(H,29,30). The number of rotatable bonds is 4. The third-order valence-electron chi connectivity index (χ3n) is 4.76. The summed E-state index contributed by atoms with van der Waals surface area (Å²) < 4.78 is 5.51. The monoisotopic (exact) mass is 421 g/mol. The van der Waals surface area contributed by atoms with Gasteiger partial charge < -0.3 is 4.74 Å². The van der Waals surface area contributed by atoms with E-state index in [9.17, 15) is 10.0 Å².